The summed E-state index contributed by atoms with van der Waals surface area (Å²) in [5, 5.41) is 4.73. The number of aromatic nitrogens is 4. The van der Waals surface area contributed by atoms with Gasteiger partial charge in [-0.25, -0.2) is 9.50 Å². The maximum atomic E-state index is 6.55. The van der Waals surface area contributed by atoms with Crippen LogP contribution in [0, 0.1) is 0 Å². The van der Waals surface area contributed by atoms with Gasteiger partial charge in [0.1, 0.15) is 0 Å². The minimum atomic E-state index is -0.178. The zero-order valence-electron chi connectivity index (χ0n) is 19.1. The first kappa shape index (κ1) is 20.6. The molecule has 6 heteroatoms. The first-order chi connectivity index (χ1) is 16.6. The third kappa shape index (κ3) is 3.53. The Bertz CT molecular complexity index is 1440. The number of hydrogen-bond donors (Lipinski definition) is 1. The average Bonchev–Trinajstić information content (AvgIpc) is 3.30. The van der Waals surface area contributed by atoms with E-state index >= 15 is 0 Å². The van der Waals surface area contributed by atoms with Crippen molar-refractivity contribution in [3.63, 3.8) is 0 Å². The molecule has 2 heterocycles. The first-order valence-electron chi connectivity index (χ1n) is 11.6. The van der Waals surface area contributed by atoms with Crippen LogP contribution in [0.5, 0.6) is 0 Å². The second-order valence-corrected chi connectivity index (χ2v) is 9.01. The van der Waals surface area contributed by atoms with Crippen LogP contribution in [-0.4, -0.2) is 26.6 Å². The lowest BCUT2D eigenvalue weighted by Gasteiger charge is -2.38. The van der Waals surface area contributed by atoms with Crippen molar-refractivity contribution in [1.82, 2.24) is 19.6 Å². The van der Waals surface area contributed by atoms with E-state index in [1.54, 1.807) is 4.52 Å². The van der Waals surface area contributed by atoms with Crippen molar-refractivity contribution in [3.8, 4) is 22.4 Å². The van der Waals surface area contributed by atoms with E-state index in [1.165, 1.54) is 12.0 Å². The highest BCUT2D eigenvalue weighted by Gasteiger charge is 2.34. The van der Waals surface area contributed by atoms with Crippen molar-refractivity contribution in [1.29, 1.82) is 0 Å². The molecule has 0 saturated heterocycles. The highest BCUT2D eigenvalue weighted by molar-refractivity contribution is 5.81. The molecule has 0 amide bonds. The van der Waals surface area contributed by atoms with Crippen molar-refractivity contribution >= 4 is 17.4 Å². The highest BCUT2D eigenvalue weighted by Crippen LogP contribution is 2.39. The Morgan fingerprint density at radius 1 is 0.824 bits per heavy atom. The van der Waals surface area contributed by atoms with Gasteiger partial charge in [-0.3, -0.25) is 0 Å². The molecule has 0 aliphatic heterocycles. The molecular formula is C28H26N6. The number of para-hydroxylation sites is 1. The molecule has 34 heavy (non-hydrogen) atoms. The van der Waals surface area contributed by atoms with Gasteiger partial charge in [0.2, 0.25) is 0 Å². The first-order valence-corrected chi connectivity index (χ1v) is 11.6. The summed E-state index contributed by atoms with van der Waals surface area (Å²) in [6.07, 6.45) is 5.31. The largest absolute Gasteiger partial charge is 0.321 e. The van der Waals surface area contributed by atoms with Gasteiger partial charge in [0.25, 0.3) is 11.7 Å². The summed E-state index contributed by atoms with van der Waals surface area (Å²) in [6.45, 7) is 0. The molecule has 0 radical (unpaired) electrons. The molecule has 2 aromatic heterocycles. The predicted molar refractivity (Wildman–Crippen MR) is 136 cm³/mol. The van der Waals surface area contributed by atoms with E-state index in [-0.39, 0.29) is 5.54 Å². The van der Waals surface area contributed by atoms with E-state index in [0.717, 1.165) is 40.9 Å². The van der Waals surface area contributed by atoms with Crippen LogP contribution in [0.3, 0.4) is 0 Å². The van der Waals surface area contributed by atoms with Gasteiger partial charge >= 0.3 is 0 Å². The van der Waals surface area contributed by atoms with Crippen LogP contribution in [0.1, 0.15) is 24.8 Å². The average molecular weight is 447 g/mol. The second kappa shape index (κ2) is 8.08. The minimum Gasteiger partial charge on any atom is -0.321 e. The Labute approximate surface area is 198 Å². The molecule has 1 saturated carbocycles. The number of rotatable bonds is 5. The lowest BCUT2D eigenvalue weighted by atomic mass is 9.72. The van der Waals surface area contributed by atoms with Crippen LogP contribution in [0.25, 0.3) is 28.2 Å². The molecule has 168 valence electrons. The molecule has 6 nitrogen and oxygen atoms in total. The summed E-state index contributed by atoms with van der Waals surface area (Å²) >= 11 is 0. The van der Waals surface area contributed by atoms with Crippen LogP contribution < -0.4 is 10.6 Å². The standard InChI is InChI=1S/C28H26N6/c1-33(23-11-6-3-7-12-23)27-31-26-30-25(21-13-15-22(16-14-21)28(29)17-8-18-28)24(19-34(26)32-27)20-9-4-2-5-10-20/h2-7,9-16,19H,8,17-18,29H2,1H3. The van der Waals surface area contributed by atoms with Gasteiger partial charge in [0.05, 0.1) is 5.69 Å². The topological polar surface area (TPSA) is 72.3 Å². The summed E-state index contributed by atoms with van der Waals surface area (Å²) in [6, 6.07) is 28.9. The van der Waals surface area contributed by atoms with Crippen molar-refractivity contribution in [2.75, 3.05) is 11.9 Å². The molecule has 1 aliphatic rings. The Hall–Kier alpha value is -4.03. The molecule has 0 spiro atoms. The van der Waals surface area contributed by atoms with Gasteiger partial charge in [-0.05, 0) is 42.5 Å². The van der Waals surface area contributed by atoms with E-state index in [4.69, 9.17) is 20.8 Å². The lowest BCUT2D eigenvalue weighted by Crippen LogP contribution is -2.43. The van der Waals surface area contributed by atoms with Crippen LogP contribution in [0.2, 0.25) is 0 Å². The van der Waals surface area contributed by atoms with Crippen LogP contribution in [-0.2, 0) is 5.54 Å². The van der Waals surface area contributed by atoms with Crippen LogP contribution >= 0.6 is 0 Å². The summed E-state index contributed by atoms with van der Waals surface area (Å²) in [5.74, 6) is 1.16. The van der Waals surface area contributed by atoms with E-state index in [2.05, 4.69) is 36.4 Å². The zero-order valence-corrected chi connectivity index (χ0v) is 19.1. The van der Waals surface area contributed by atoms with E-state index in [0.29, 0.717) is 11.7 Å². The molecule has 0 unspecified atom stereocenters. The van der Waals surface area contributed by atoms with Gasteiger partial charge in [-0.15, -0.1) is 5.10 Å². The number of fused-ring (bicyclic) bond motifs is 1. The van der Waals surface area contributed by atoms with Gasteiger partial charge < -0.3 is 10.6 Å². The Morgan fingerprint density at radius 3 is 2.15 bits per heavy atom. The quantitative estimate of drug-likeness (QED) is 0.382. The van der Waals surface area contributed by atoms with Gasteiger partial charge in [-0.2, -0.15) is 4.98 Å². The fraction of sp³-hybridized carbons (Fsp3) is 0.179. The molecule has 6 rings (SSSR count). The fourth-order valence-corrected chi connectivity index (χ4v) is 4.58. The maximum absolute atomic E-state index is 6.55. The summed E-state index contributed by atoms with van der Waals surface area (Å²) in [7, 11) is 1.96. The molecule has 2 N–H and O–H groups in total. The SMILES string of the molecule is CN(c1ccccc1)c1nc2nc(-c3ccc(C4(N)CCC4)cc3)c(-c3ccccc3)cn2n1. The Morgan fingerprint density at radius 2 is 1.50 bits per heavy atom. The smallest absolute Gasteiger partial charge is 0.254 e. The number of benzene rings is 3. The minimum absolute atomic E-state index is 0.178. The lowest BCUT2D eigenvalue weighted by molar-refractivity contribution is 0.253. The Balaban J connectivity index is 1.47. The maximum Gasteiger partial charge on any atom is 0.254 e. The molecular weight excluding hydrogens is 420 g/mol. The van der Waals surface area contributed by atoms with Gasteiger partial charge in [0.15, 0.2) is 0 Å². The van der Waals surface area contributed by atoms with Gasteiger partial charge in [-0.1, -0.05) is 72.8 Å². The van der Waals surface area contributed by atoms with E-state index in [1.807, 2.05) is 66.7 Å². The van der Waals surface area contributed by atoms with Gasteiger partial charge in [0, 0.05) is 35.6 Å². The molecule has 0 bridgehead atoms. The number of nitrogens with two attached hydrogens (primary N) is 1. The molecule has 1 aliphatic carbocycles. The molecule has 1 fully saturated rings. The molecule has 5 aromatic rings. The van der Waals surface area contributed by atoms with E-state index < -0.39 is 0 Å². The fourth-order valence-electron chi connectivity index (χ4n) is 4.58. The van der Waals surface area contributed by atoms with Crippen LogP contribution in [0.4, 0.5) is 11.6 Å². The third-order valence-electron chi connectivity index (χ3n) is 6.83. The summed E-state index contributed by atoms with van der Waals surface area (Å²) in [4.78, 5) is 11.7. The Kier molecular flexibility index (Phi) is 4.89. The molecule has 3 aromatic carbocycles. The van der Waals surface area contributed by atoms with Crippen molar-refractivity contribution in [3.05, 3.63) is 96.7 Å². The van der Waals surface area contributed by atoms with E-state index in [9.17, 15) is 0 Å². The number of hydrogen-bond acceptors (Lipinski definition) is 5. The summed E-state index contributed by atoms with van der Waals surface area (Å²) < 4.78 is 1.76. The van der Waals surface area contributed by atoms with Crippen molar-refractivity contribution in [2.24, 2.45) is 5.73 Å². The van der Waals surface area contributed by atoms with Crippen molar-refractivity contribution < 1.29 is 0 Å². The number of nitrogens with zero attached hydrogens (tertiary/aromatic N) is 5. The summed E-state index contributed by atoms with van der Waals surface area (Å²) in [5.41, 5.74) is 12.6. The van der Waals surface area contributed by atoms with Crippen LogP contribution in [0.15, 0.2) is 91.1 Å². The predicted octanol–water partition coefficient (Wildman–Crippen LogP) is 5.56. The molecule has 0 atom stereocenters. The number of anilines is 2. The monoisotopic (exact) mass is 446 g/mol. The van der Waals surface area contributed by atoms with Crippen molar-refractivity contribution in [2.45, 2.75) is 24.8 Å². The second-order valence-electron chi connectivity index (χ2n) is 9.01. The normalized spacial score (nSPS) is 14.6. The third-order valence-corrected chi connectivity index (χ3v) is 6.83. The highest BCUT2D eigenvalue weighted by atomic mass is 15.4. The zero-order chi connectivity index (χ0) is 23.1.